The van der Waals surface area contributed by atoms with E-state index in [1.807, 2.05) is 0 Å². The molecule has 3 aliphatic heterocycles. The number of nitrogens with zero attached hydrogens (tertiary/aromatic N) is 4. The van der Waals surface area contributed by atoms with Crippen LogP contribution in [0.2, 0.25) is 0 Å². The van der Waals surface area contributed by atoms with Crippen LogP contribution in [-0.2, 0) is 0 Å². The van der Waals surface area contributed by atoms with Crippen LogP contribution in [0.4, 0.5) is 5.13 Å². The van der Waals surface area contributed by atoms with E-state index in [-0.39, 0.29) is 0 Å². The van der Waals surface area contributed by atoms with Gasteiger partial charge in [-0.25, -0.2) is 0 Å². The van der Waals surface area contributed by atoms with E-state index < -0.39 is 0 Å². The van der Waals surface area contributed by atoms with Gasteiger partial charge in [0.05, 0.1) is 0 Å². The Labute approximate surface area is 166 Å². The van der Waals surface area contributed by atoms with Gasteiger partial charge < -0.3 is 4.90 Å². The monoisotopic (exact) mass is 382 g/mol. The quantitative estimate of drug-likeness (QED) is 0.769. The molecule has 0 N–H and O–H groups in total. The molecule has 0 unspecified atom stereocenters. The first-order valence-corrected chi connectivity index (χ1v) is 11.4. The molecule has 0 amide bonds. The Balaban J connectivity index is 1.36. The van der Waals surface area contributed by atoms with Gasteiger partial charge in [0.1, 0.15) is 5.01 Å². The van der Waals surface area contributed by atoms with E-state index in [1.165, 1.54) is 42.8 Å². The molecule has 1 aromatic carbocycles. The third kappa shape index (κ3) is 3.29. The summed E-state index contributed by atoms with van der Waals surface area (Å²) in [7, 11) is 0. The van der Waals surface area contributed by atoms with Crippen molar-refractivity contribution in [2.45, 2.75) is 57.5 Å². The van der Waals surface area contributed by atoms with Crippen molar-refractivity contribution < 1.29 is 0 Å². The minimum Gasteiger partial charge on any atom is -0.346 e. The fourth-order valence-corrected chi connectivity index (χ4v) is 6.45. The molecule has 4 atom stereocenters. The molecule has 4 nitrogen and oxygen atoms in total. The lowest BCUT2D eigenvalue weighted by molar-refractivity contribution is -0.0199. The number of anilines is 1. The maximum atomic E-state index is 4.54. The molecule has 0 aliphatic carbocycles. The molecule has 3 aliphatic rings. The van der Waals surface area contributed by atoms with E-state index in [0.717, 1.165) is 36.1 Å². The summed E-state index contributed by atoms with van der Waals surface area (Å²) in [6.07, 6.45) is 5.44. The molecular formula is C22H30N4S. The zero-order chi connectivity index (χ0) is 18.4. The van der Waals surface area contributed by atoms with E-state index in [1.54, 1.807) is 11.3 Å². The standard InChI is InChI=1S/C22H30N4S/c1-15(2)21-23-24-22(27-21)25-12-16-11-18(14-25)20-10-6-9-19(26(20)13-16)17-7-4-3-5-8-17/h3-5,7-8,15-16,18-20H,6,9-14H2,1-2H3/t16-,18+,19+,20-/m0/s1. The predicted molar refractivity (Wildman–Crippen MR) is 111 cm³/mol. The number of hydrogen-bond donors (Lipinski definition) is 0. The highest BCUT2D eigenvalue weighted by Gasteiger charge is 2.45. The third-order valence-corrected chi connectivity index (χ3v) is 8.05. The number of aromatic nitrogens is 2. The molecular weight excluding hydrogens is 352 g/mol. The van der Waals surface area contributed by atoms with E-state index in [0.29, 0.717) is 12.0 Å². The van der Waals surface area contributed by atoms with Crippen molar-refractivity contribution >= 4 is 16.5 Å². The van der Waals surface area contributed by atoms with E-state index in [4.69, 9.17) is 0 Å². The van der Waals surface area contributed by atoms with Gasteiger partial charge in [0, 0.05) is 37.6 Å². The maximum Gasteiger partial charge on any atom is 0.208 e. The highest BCUT2D eigenvalue weighted by atomic mass is 32.1. The second-order valence-electron chi connectivity index (χ2n) is 8.97. The molecule has 27 heavy (non-hydrogen) atoms. The molecule has 0 spiro atoms. The molecule has 3 saturated heterocycles. The molecule has 2 bridgehead atoms. The van der Waals surface area contributed by atoms with Gasteiger partial charge in [-0.2, -0.15) is 0 Å². The van der Waals surface area contributed by atoms with Crippen molar-refractivity contribution in [3.63, 3.8) is 0 Å². The second-order valence-corrected chi connectivity index (χ2v) is 9.95. The molecule has 2 aromatic rings. The molecule has 144 valence electrons. The van der Waals surface area contributed by atoms with Crippen LogP contribution in [0.5, 0.6) is 0 Å². The second kappa shape index (κ2) is 7.17. The Hall–Kier alpha value is -1.46. The topological polar surface area (TPSA) is 32.3 Å². The van der Waals surface area contributed by atoms with Crippen LogP contribution in [0.25, 0.3) is 0 Å². The van der Waals surface area contributed by atoms with Gasteiger partial charge in [-0.1, -0.05) is 55.5 Å². The molecule has 1 aromatic heterocycles. The molecule has 0 radical (unpaired) electrons. The summed E-state index contributed by atoms with van der Waals surface area (Å²) < 4.78 is 0. The highest BCUT2D eigenvalue weighted by Crippen LogP contribution is 2.45. The van der Waals surface area contributed by atoms with E-state index in [9.17, 15) is 0 Å². The lowest BCUT2D eigenvalue weighted by Gasteiger charge is -2.55. The Morgan fingerprint density at radius 2 is 1.89 bits per heavy atom. The SMILES string of the molecule is CC(C)c1nnc(N2C[C@@H]3C[C@H](C2)[C@@H]2CCC[C@H](c4ccccc4)N2C3)s1. The van der Waals surface area contributed by atoms with Gasteiger partial charge in [0.2, 0.25) is 5.13 Å². The summed E-state index contributed by atoms with van der Waals surface area (Å²) >= 11 is 1.80. The average molecular weight is 383 g/mol. The van der Waals surface area contributed by atoms with Crippen molar-refractivity contribution in [2.75, 3.05) is 24.5 Å². The lowest BCUT2D eigenvalue weighted by Crippen LogP contribution is -2.59. The minimum atomic E-state index is 0.473. The summed E-state index contributed by atoms with van der Waals surface area (Å²) in [5.74, 6) is 2.01. The van der Waals surface area contributed by atoms with Crippen LogP contribution in [0.1, 0.15) is 62.1 Å². The summed E-state index contributed by atoms with van der Waals surface area (Å²) in [4.78, 5) is 5.42. The lowest BCUT2D eigenvalue weighted by atomic mass is 9.74. The summed E-state index contributed by atoms with van der Waals surface area (Å²) in [5, 5.41) is 11.3. The van der Waals surface area contributed by atoms with E-state index in [2.05, 4.69) is 64.2 Å². The molecule has 4 heterocycles. The Morgan fingerprint density at radius 3 is 2.67 bits per heavy atom. The zero-order valence-corrected chi connectivity index (χ0v) is 17.2. The number of hydrogen-bond acceptors (Lipinski definition) is 5. The molecule has 0 saturated carbocycles. The summed E-state index contributed by atoms with van der Waals surface area (Å²) in [6, 6.07) is 12.6. The largest absolute Gasteiger partial charge is 0.346 e. The zero-order valence-electron chi connectivity index (χ0n) is 16.4. The highest BCUT2D eigenvalue weighted by molar-refractivity contribution is 7.15. The first-order valence-electron chi connectivity index (χ1n) is 10.6. The van der Waals surface area contributed by atoms with Gasteiger partial charge in [0.25, 0.3) is 0 Å². The summed E-state index contributed by atoms with van der Waals surface area (Å²) in [5.41, 5.74) is 1.52. The van der Waals surface area contributed by atoms with Crippen molar-refractivity contribution in [3.05, 3.63) is 40.9 Å². The minimum absolute atomic E-state index is 0.473. The summed E-state index contributed by atoms with van der Waals surface area (Å²) in [6.45, 7) is 7.96. The van der Waals surface area contributed by atoms with Crippen LogP contribution in [-0.4, -0.2) is 40.8 Å². The first-order chi connectivity index (χ1) is 13.2. The van der Waals surface area contributed by atoms with Gasteiger partial charge >= 0.3 is 0 Å². The molecule has 3 fully saturated rings. The van der Waals surface area contributed by atoms with Crippen molar-refractivity contribution in [3.8, 4) is 0 Å². The van der Waals surface area contributed by atoms with Crippen molar-refractivity contribution in [2.24, 2.45) is 11.8 Å². The fourth-order valence-electron chi connectivity index (χ4n) is 5.58. The number of fused-ring (bicyclic) bond motifs is 4. The Bertz CT molecular complexity index is 774. The third-order valence-electron chi connectivity index (χ3n) is 6.77. The Kier molecular flexibility index (Phi) is 4.68. The van der Waals surface area contributed by atoms with Crippen LogP contribution >= 0.6 is 11.3 Å². The predicted octanol–water partition coefficient (Wildman–Crippen LogP) is 4.71. The van der Waals surface area contributed by atoms with Crippen LogP contribution in [0, 0.1) is 11.8 Å². The van der Waals surface area contributed by atoms with Crippen LogP contribution in [0.15, 0.2) is 30.3 Å². The first kappa shape index (κ1) is 17.6. The van der Waals surface area contributed by atoms with Crippen LogP contribution < -0.4 is 4.90 Å². The van der Waals surface area contributed by atoms with Gasteiger partial charge in [-0.15, -0.1) is 10.2 Å². The normalized spacial score (nSPS) is 31.1. The Morgan fingerprint density at radius 1 is 1.04 bits per heavy atom. The number of piperidine rings is 3. The van der Waals surface area contributed by atoms with Crippen molar-refractivity contribution in [1.82, 2.24) is 15.1 Å². The van der Waals surface area contributed by atoms with E-state index >= 15 is 0 Å². The van der Waals surface area contributed by atoms with Gasteiger partial charge in [-0.05, 0) is 43.1 Å². The smallest absolute Gasteiger partial charge is 0.208 e. The number of benzene rings is 1. The fraction of sp³-hybridized carbons (Fsp3) is 0.636. The van der Waals surface area contributed by atoms with Crippen molar-refractivity contribution in [1.29, 1.82) is 0 Å². The molecule has 5 heteroatoms. The number of rotatable bonds is 3. The average Bonchev–Trinajstić information content (AvgIpc) is 3.19. The van der Waals surface area contributed by atoms with Gasteiger partial charge in [-0.3, -0.25) is 4.90 Å². The molecule has 5 rings (SSSR count). The van der Waals surface area contributed by atoms with Crippen LogP contribution in [0.3, 0.4) is 0 Å². The van der Waals surface area contributed by atoms with Gasteiger partial charge in [0.15, 0.2) is 0 Å². The maximum absolute atomic E-state index is 4.54.